The molecule has 0 spiro atoms. The number of aryl methyl sites for hydroxylation is 3. The number of carbonyl (C=O) groups is 1. The molecule has 4 aromatic carbocycles. The number of nitrogens with one attached hydrogen (secondary N) is 1. The monoisotopic (exact) mass is 635 g/mol. The van der Waals surface area contributed by atoms with Crippen molar-refractivity contribution >= 4 is 43.6 Å². The number of aromatic nitrogens is 3. The van der Waals surface area contributed by atoms with Crippen molar-refractivity contribution < 1.29 is 14.3 Å². The fraction of sp³-hybridized carbons (Fsp3) is 0.222. The predicted octanol–water partition coefficient (Wildman–Crippen LogP) is 8.46. The topological polar surface area (TPSA) is 69.1 Å². The molecule has 0 aliphatic heterocycles. The molecule has 6 rings (SSSR count). The molecule has 2 aromatic heterocycles. The summed E-state index contributed by atoms with van der Waals surface area (Å²) in [5.41, 5.74) is 6.80. The van der Waals surface area contributed by atoms with Crippen molar-refractivity contribution in [2.24, 2.45) is 7.05 Å². The van der Waals surface area contributed by atoms with Crippen LogP contribution >= 0.6 is 15.9 Å². The van der Waals surface area contributed by atoms with E-state index >= 15 is 0 Å². The second kappa shape index (κ2) is 12.9. The Kier molecular flexibility index (Phi) is 8.61. The molecule has 0 aliphatic carbocycles. The number of rotatable bonds is 11. The average Bonchev–Trinajstić information content (AvgIpc) is 3.54. The summed E-state index contributed by atoms with van der Waals surface area (Å²) in [4.78, 5) is 16.6. The third-order valence-corrected chi connectivity index (χ3v) is 8.44. The van der Waals surface area contributed by atoms with Crippen LogP contribution in [0.25, 0.3) is 32.8 Å². The van der Waals surface area contributed by atoms with Gasteiger partial charge in [0.2, 0.25) is 0 Å². The van der Waals surface area contributed by atoms with Crippen LogP contribution in [0.2, 0.25) is 0 Å². The SMILES string of the molecule is CCOC(=O)c1[nH]c2c(-c3c(Br)nn(C)c3CCc3ccccc3)cccc2c1CCCOc1cccc2ccccc12. The highest BCUT2D eigenvalue weighted by molar-refractivity contribution is 9.10. The summed E-state index contributed by atoms with van der Waals surface area (Å²) in [5.74, 6) is 0.526. The zero-order valence-corrected chi connectivity index (χ0v) is 26.0. The first kappa shape index (κ1) is 28.7. The molecule has 1 N–H and O–H groups in total. The van der Waals surface area contributed by atoms with Crippen LogP contribution in [0, 0.1) is 0 Å². The molecule has 0 aliphatic rings. The molecule has 218 valence electrons. The first-order valence-corrected chi connectivity index (χ1v) is 15.5. The Morgan fingerprint density at radius 2 is 1.63 bits per heavy atom. The molecule has 0 unspecified atom stereocenters. The Hall–Kier alpha value is -4.36. The van der Waals surface area contributed by atoms with Crippen LogP contribution in [-0.2, 0) is 31.0 Å². The highest BCUT2D eigenvalue weighted by Gasteiger charge is 2.24. The lowest BCUT2D eigenvalue weighted by Gasteiger charge is -2.10. The second-order valence-corrected chi connectivity index (χ2v) is 11.3. The normalized spacial score (nSPS) is 11.3. The Morgan fingerprint density at radius 1 is 0.884 bits per heavy atom. The molecular weight excluding hydrogens is 602 g/mol. The van der Waals surface area contributed by atoms with Crippen molar-refractivity contribution in [1.82, 2.24) is 14.8 Å². The van der Waals surface area contributed by atoms with Gasteiger partial charge in [-0.05, 0) is 71.1 Å². The third-order valence-electron chi connectivity index (χ3n) is 7.89. The fourth-order valence-corrected chi connectivity index (χ4v) is 6.54. The van der Waals surface area contributed by atoms with E-state index < -0.39 is 0 Å². The molecule has 43 heavy (non-hydrogen) atoms. The van der Waals surface area contributed by atoms with E-state index in [2.05, 4.69) is 81.6 Å². The van der Waals surface area contributed by atoms with Crippen LogP contribution in [0.15, 0.2) is 95.6 Å². The highest BCUT2D eigenvalue weighted by atomic mass is 79.9. The van der Waals surface area contributed by atoms with Crippen molar-refractivity contribution in [2.45, 2.75) is 32.6 Å². The molecule has 0 fully saturated rings. The van der Waals surface area contributed by atoms with Gasteiger partial charge in [0.25, 0.3) is 0 Å². The number of benzene rings is 4. The summed E-state index contributed by atoms with van der Waals surface area (Å²) in [6, 6.07) is 31.0. The van der Waals surface area contributed by atoms with Gasteiger partial charge in [-0.25, -0.2) is 4.79 Å². The van der Waals surface area contributed by atoms with E-state index in [1.54, 1.807) is 0 Å². The quantitative estimate of drug-likeness (QED) is 0.114. The van der Waals surface area contributed by atoms with Gasteiger partial charge < -0.3 is 14.5 Å². The van der Waals surface area contributed by atoms with Crippen LogP contribution in [0.3, 0.4) is 0 Å². The predicted molar refractivity (Wildman–Crippen MR) is 176 cm³/mol. The zero-order chi connectivity index (χ0) is 29.8. The average molecular weight is 637 g/mol. The zero-order valence-electron chi connectivity index (χ0n) is 24.4. The lowest BCUT2D eigenvalue weighted by molar-refractivity contribution is 0.0519. The van der Waals surface area contributed by atoms with E-state index in [1.807, 2.05) is 49.0 Å². The number of hydrogen-bond donors (Lipinski definition) is 1. The van der Waals surface area contributed by atoms with E-state index in [0.717, 1.165) is 73.7 Å². The number of hydrogen-bond acceptors (Lipinski definition) is 4. The Morgan fingerprint density at radius 3 is 2.47 bits per heavy atom. The molecule has 0 amide bonds. The number of halogens is 1. The van der Waals surface area contributed by atoms with Gasteiger partial charge in [0, 0.05) is 34.6 Å². The molecule has 7 heteroatoms. The lowest BCUT2D eigenvalue weighted by atomic mass is 9.98. The van der Waals surface area contributed by atoms with Gasteiger partial charge in [-0.15, -0.1) is 0 Å². The number of esters is 1. The van der Waals surface area contributed by atoms with Crippen molar-refractivity contribution in [2.75, 3.05) is 13.2 Å². The number of ether oxygens (including phenoxy) is 2. The fourth-order valence-electron chi connectivity index (χ4n) is 5.86. The number of carbonyl (C=O) groups excluding carboxylic acids is 1. The Labute approximate surface area is 259 Å². The summed E-state index contributed by atoms with van der Waals surface area (Å²) in [6.45, 7) is 2.67. The largest absolute Gasteiger partial charge is 0.493 e. The van der Waals surface area contributed by atoms with E-state index in [9.17, 15) is 4.79 Å². The highest BCUT2D eigenvalue weighted by Crippen LogP contribution is 2.38. The summed E-state index contributed by atoms with van der Waals surface area (Å²) in [6.07, 6.45) is 3.13. The first-order valence-electron chi connectivity index (χ1n) is 14.7. The number of nitrogens with zero attached hydrogens (tertiary/aromatic N) is 2. The Balaban J connectivity index is 1.31. The number of fused-ring (bicyclic) bond motifs is 2. The van der Waals surface area contributed by atoms with Crippen molar-refractivity contribution in [3.05, 3.63) is 118 Å². The smallest absolute Gasteiger partial charge is 0.355 e. The lowest BCUT2D eigenvalue weighted by Crippen LogP contribution is -2.09. The molecule has 0 bridgehead atoms. The van der Waals surface area contributed by atoms with Gasteiger partial charge in [-0.3, -0.25) is 4.68 Å². The van der Waals surface area contributed by atoms with Crippen LogP contribution in [0.4, 0.5) is 0 Å². The summed E-state index contributed by atoms with van der Waals surface area (Å²) >= 11 is 3.73. The minimum Gasteiger partial charge on any atom is -0.493 e. The van der Waals surface area contributed by atoms with Crippen molar-refractivity contribution in [1.29, 1.82) is 0 Å². The van der Waals surface area contributed by atoms with E-state index in [-0.39, 0.29) is 5.97 Å². The van der Waals surface area contributed by atoms with E-state index in [0.29, 0.717) is 25.3 Å². The van der Waals surface area contributed by atoms with E-state index in [1.165, 1.54) is 5.56 Å². The second-order valence-electron chi connectivity index (χ2n) is 10.6. The third kappa shape index (κ3) is 5.95. The van der Waals surface area contributed by atoms with Gasteiger partial charge in [0.15, 0.2) is 0 Å². The Bertz CT molecular complexity index is 1890. The standard InChI is InChI=1S/C36H34BrN3O3/c1-3-42-36(41)34-28(19-11-23-43-31-20-9-15-25-14-7-8-16-26(25)31)27-17-10-18-29(33(27)38-34)32-30(40(2)39-35(32)37)22-21-24-12-5-4-6-13-24/h4-10,12-18,20,38H,3,11,19,21-23H2,1-2H3. The number of H-pyrrole nitrogens is 1. The summed E-state index contributed by atoms with van der Waals surface area (Å²) in [7, 11) is 1.98. The summed E-state index contributed by atoms with van der Waals surface area (Å²) in [5, 5.41) is 7.98. The molecule has 2 heterocycles. The molecular formula is C36H34BrN3O3. The molecule has 6 nitrogen and oxygen atoms in total. The van der Waals surface area contributed by atoms with Gasteiger partial charge in [0.1, 0.15) is 16.0 Å². The number of aromatic amines is 1. The van der Waals surface area contributed by atoms with Gasteiger partial charge in [-0.1, -0.05) is 84.9 Å². The first-order chi connectivity index (χ1) is 21.0. The molecule has 0 atom stereocenters. The van der Waals surface area contributed by atoms with Gasteiger partial charge in [0.05, 0.1) is 18.7 Å². The molecule has 0 radical (unpaired) electrons. The van der Waals surface area contributed by atoms with Crippen LogP contribution in [0.5, 0.6) is 5.75 Å². The number of para-hydroxylation sites is 1. The maximum atomic E-state index is 13.2. The minimum atomic E-state index is -0.343. The van der Waals surface area contributed by atoms with Crippen LogP contribution in [0.1, 0.15) is 40.7 Å². The van der Waals surface area contributed by atoms with Crippen LogP contribution in [-0.4, -0.2) is 33.9 Å². The maximum absolute atomic E-state index is 13.2. The van der Waals surface area contributed by atoms with Crippen molar-refractivity contribution in [3.8, 4) is 16.9 Å². The minimum absolute atomic E-state index is 0.308. The van der Waals surface area contributed by atoms with Gasteiger partial charge in [-0.2, -0.15) is 5.10 Å². The van der Waals surface area contributed by atoms with Crippen molar-refractivity contribution in [3.63, 3.8) is 0 Å². The van der Waals surface area contributed by atoms with Gasteiger partial charge >= 0.3 is 5.97 Å². The molecule has 0 saturated carbocycles. The summed E-state index contributed by atoms with van der Waals surface area (Å²) < 4.78 is 14.4. The molecule has 6 aromatic rings. The maximum Gasteiger partial charge on any atom is 0.355 e. The van der Waals surface area contributed by atoms with Crippen LogP contribution < -0.4 is 4.74 Å². The van der Waals surface area contributed by atoms with E-state index in [4.69, 9.17) is 14.6 Å². The molecule has 0 saturated heterocycles.